The Balaban J connectivity index is 1.46. The molecule has 0 spiro atoms. The van der Waals surface area contributed by atoms with Crippen molar-refractivity contribution in [2.45, 2.75) is 24.5 Å². The Morgan fingerprint density at radius 2 is 1.64 bits per heavy atom. The molecule has 0 fully saturated rings. The van der Waals surface area contributed by atoms with E-state index in [0.29, 0.717) is 29.6 Å². The number of rotatable bonds is 9. The molecule has 5 nitrogen and oxygen atoms in total. The molecule has 7 heteroatoms. The average Bonchev–Trinajstić information content (AvgIpc) is 3.24. The highest BCUT2D eigenvalue weighted by molar-refractivity contribution is 7.99. The molecule has 0 aliphatic heterocycles. The van der Waals surface area contributed by atoms with Crippen LogP contribution in [0.4, 0.5) is 4.39 Å². The van der Waals surface area contributed by atoms with Gasteiger partial charge < -0.3 is 5.32 Å². The van der Waals surface area contributed by atoms with Crippen molar-refractivity contribution >= 4 is 17.7 Å². The number of halogens is 1. The second kappa shape index (κ2) is 10.9. The molecule has 0 saturated heterocycles. The van der Waals surface area contributed by atoms with E-state index in [-0.39, 0.29) is 23.4 Å². The van der Waals surface area contributed by atoms with E-state index in [9.17, 15) is 9.18 Å². The number of nitrogens with zero attached hydrogens (tertiary/aromatic N) is 3. The third-order valence-corrected chi connectivity index (χ3v) is 6.29. The number of hydrogen-bond donors (Lipinski definition) is 1. The van der Waals surface area contributed by atoms with Crippen molar-refractivity contribution < 1.29 is 9.18 Å². The summed E-state index contributed by atoms with van der Waals surface area (Å²) in [5.74, 6) is 0.422. The Labute approximate surface area is 197 Å². The van der Waals surface area contributed by atoms with E-state index in [0.717, 1.165) is 5.56 Å². The van der Waals surface area contributed by atoms with Gasteiger partial charge in [0.15, 0.2) is 11.0 Å². The number of carbonyl (C=O) groups is 1. The summed E-state index contributed by atoms with van der Waals surface area (Å²) in [5, 5.41) is 12.1. The summed E-state index contributed by atoms with van der Waals surface area (Å²) >= 11 is 1.30. The molecule has 33 heavy (non-hydrogen) atoms. The first-order chi connectivity index (χ1) is 16.1. The van der Waals surface area contributed by atoms with Gasteiger partial charge in [-0.25, -0.2) is 4.39 Å². The van der Waals surface area contributed by atoms with E-state index in [4.69, 9.17) is 0 Å². The molecule has 0 bridgehead atoms. The van der Waals surface area contributed by atoms with Crippen LogP contribution in [-0.4, -0.2) is 33.0 Å². The van der Waals surface area contributed by atoms with Crippen LogP contribution < -0.4 is 5.32 Å². The largest absolute Gasteiger partial charge is 0.355 e. The molecule has 0 aliphatic carbocycles. The fourth-order valence-electron chi connectivity index (χ4n) is 3.49. The summed E-state index contributed by atoms with van der Waals surface area (Å²) in [4.78, 5) is 12.5. The number of nitrogens with one attached hydrogen (secondary N) is 1. The molecule has 1 aromatic heterocycles. The first-order valence-electron chi connectivity index (χ1n) is 10.8. The highest BCUT2D eigenvalue weighted by Crippen LogP contribution is 2.27. The van der Waals surface area contributed by atoms with Gasteiger partial charge in [-0.15, -0.1) is 10.2 Å². The van der Waals surface area contributed by atoms with Crippen molar-refractivity contribution in [2.75, 3.05) is 12.3 Å². The van der Waals surface area contributed by atoms with Gasteiger partial charge in [0.05, 0.1) is 17.9 Å². The van der Waals surface area contributed by atoms with Gasteiger partial charge in [-0.1, -0.05) is 91.5 Å². The zero-order chi connectivity index (χ0) is 23.0. The Morgan fingerprint density at radius 3 is 2.36 bits per heavy atom. The molecule has 168 valence electrons. The predicted molar refractivity (Wildman–Crippen MR) is 130 cm³/mol. The topological polar surface area (TPSA) is 59.8 Å². The van der Waals surface area contributed by atoms with Gasteiger partial charge in [0.1, 0.15) is 5.82 Å². The summed E-state index contributed by atoms with van der Waals surface area (Å²) < 4.78 is 16.3. The average molecular weight is 461 g/mol. The minimum atomic E-state index is -0.358. The molecule has 1 heterocycles. The summed E-state index contributed by atoms with van der Waals surface area (Å²) in [6, 6.07) is 26.5. The van der Waals surface area contributed by atoms with Gasteiger partial charge in [0.25, 0.3) is 0 Å². The minimum absolute atomic E-state index is 0.0792. The highest BCUT2D eigenvalue weighted by atomic mass is 32.2. The molecule has 0 saturated carbocycles. The lowest BCUT2D eigenvalue weighted by Gasteiger charge is -2.13. The van der Waals surface area contributed by atoms with Gasteiger partial charge in [-0.05, 0) is 29.2 Å². The molecular formula is C26H25FN4OS. The number of benzene rings is 3. The summed E-state index contributed by atoms with van der Waals surface area (Å²) in [6.45, 7) is 3.12. The van der Waals surface area contributed by atoms with E-state index in [1.807, 2.05) is 53.1 Å². The van der Waals surface area contributed by atoms with Crippen LogP contribution in [0.5, 0.6) is 0 Å². The van der Waals surface area contributed by atoms with Gasteiger partial charge in [-0.2, -0.15) is 0 Å². The monoisotopic (exact) mass is 460 g/mol. The zero-order valence-electron chi connectivity index (χ0n) is 18.3. The van der Waals surface area contributed by atoms with E-state index >= 15 is 0 Å². The van der Waals surface area contributed by atoms with Gasteiger partial charge in [0, 0.05) is 6.54 Å². The zero-order valence-corrected chi connectivity index (χ0v) is 19.1. The van der Waals surface area contributed by atoms with Crippen LogP contribution in [0.2, 0.25) is 0 Å². The first-order valence-corrected chi connectivity index (χ1v) is 11.8. The number of carbonyl (C=O) groups excluding carboxylic acids is 1. The van der Waals surface area contributed by atoms with Crippen LogP contribution in [0, 0.1) is 5.82 Å². The van der Waals surface area contributed by atoms with Crippen molar-refractivity contribution in [3.63, 3.8) is 0 Å². The molecular weight excluding hydrogens is 435 g/mol. The summed E-state index contributed by atoms with van der Waals surface area (Å²) in [5.41, 5.74) is 2.61. The van der Waals surface area contributed by atoms with Gasteiger partial charge >= 0.3 is 0 Å². The first kappa shape index (κ1) is 22.7. The Kier molecular flexibility index (Phi) is 7.52. The fourth-order valence-corrected chi connectivity index (χ4v) is 4.26. The van der Waals surface area contributed by atoms with Crippen molar-refractivity contribution in [2.24, 2.45) is 0 Å². The van der Waals surface area contributed by atoms with Crippen molar-refractivity contribution in [1.29, 1.82) is 0 Å². The van der Waals surface area contributed by atoms with Crippen LogP contribution in [0.25, 0.3) is 11.4 Å². The van der Waals surface area contributed by atoms with Gasteiger partial charge in [0.2, 0.25) is 5.91 Å². The molecule has 4 rings (SSSR count). The SMILES string of the molecule is CC(CNC(=O)CSc1nnc(-c2ccccc2F)n1Cc1ccccc1)c1ccccc1. The van der Waals surface area contributed by atoms with Gasteiger partial charge in [-0.3, -0.25) is 9.36 Å². The molecule has 3 aromatic carbocycles. The molecule has 1 unspecified atom stereocenters. The van der Waals surface area contributed by atoms with Crippen molar-refractivity contribution in [3.05, 3.63) is 102 Å². The van der Waals surface area contributed by atoms with E-state index in [1.54, 1.807) is 18.2 Å². The lowest BCUT2D eigenvalue weighted by Crippen LogP contribution is -2.29. The normalized spacial score (nSPS) is 11.8. The molecule has 0 aliphatic rings. The van der Waals surface area contributed by atoms with E-state index < -0.39 is 0 Å². The maximum atomic E-state index is 14.5. The Hall–Kier alpha value is -3.45. The van der Waals surface area contributed by atoms with Crippen LogP contribution in [0.3, 0.4) is 0 Å². The summed E-state index contributed by atoms with van der Waals surface area (Å²) in [7, 11) is 0. The number of hydrogen-bond acceptors (Lipinski definition) is 4. The fraction of sp³-hybridized carbons (Fsp3) is 0.192. The molecule has 1 N–H and O–H groups in total. The maximum Gasteiger partial charge on any atom is 0.230 e. The maximum absolute atomic E-state index is 14.5. The molecule has 0 radical (unpaired) electrons. The minimum Gasteiger partial charge on any atom is -0.355 e. The third-order valence-electron chi connectivity index (χ3n) is 5.32. The quantitative estimate of drug-likeness (QED) is 0.351. The Bertz CT molecular complexity index is 1200. The number of thioether (sulfide) groups is 1. The molecule has 1 atom stereocenters. The lowest BCUT2D eigenvalue weighted by molar-refractivity contribution is -0.118. The molecule has 4 aromatic rings. The van der Waals surface area contributed by atoms with E-state index in [2.05, 4.69) is 34.6 Å². The van der Waals surface area contributed by atoms with E-state index in [1.165, 1.54) is 23.4 Å². The molecule has 1 amide bonds. The standard InChI is InChI=1S/C26H25FN4OS/c1-19(21-12-6-3-7-13-21)16-28-24(32)18-33-26-30-29-25(22-14-8-9-15-23(22)27)31(26)17-20-10-4-2-5-11-20/h2-15,19H,16-18H2,1H3,(H,28,32). The van der Waals surface area contributed by atoms with Crippen LogP contribution in [0.1, 0.15) is 24.0 Å². The summed E-state index contributed by atoms with van der Waals surface area (Å²) in [6.07, 6.45) is 0. The van der Waals surface area contributed by atoms with Crippen molar-refractivity contribution in [1.82, 2.24) is 20.1 Å². The second-order valence-electron chi connectivity index (χ2n) is 7.76. The lowest BCUT2D eigenvalue weighted by atomic mass is 10.0. The highest BCUT2D eigenvalue weighted by Gasteiger charge is 2.18. The smallest absolute Gasteiger partial charge is 0.230 e. The predicted octanol–water partition coefficient (Wildman–Crippen LogP) is 5.14. The third kappa shape index (κ3) is 5.87. The van der Waals surface area contributed by atoms with Crippen LogP contribution >= 0.6 is 11.8 Å². The van der Waals surface area contributed by atoms with Crippen molar-refractivity contribution in [3.8, 4) is 11.4 Å². The van der Waals surface area contributed by atoms with Crippen LogP contribution in [0.15, 0.2) is 90.1 Å². The van der Waals surface area contributed by atoms with Crippen LogP contribution in [-0.2, 0) is 11.3 Å². The second-order valence-corrected chi connectivity index (χ2v) is 8.70. The number of aromatic nitrogens is 3. The number of amides is 1. The Morgan fingerprint density at radius 1 is 0.970 bits per heavy atom.